The first-order valence-electron chi connectivity index (χ1n) is 9.84. The van der Waals surface area contributed by atoms with Crippen molar-refractivity contribution in [3.63, 3.8) is 0 Å². The van der Waals surface area contributed by atoms with Crippen LogP contribution in [0.15, 0.2) is 23.6 Å². The number of fused-ring (bicyclic) bond motifs is 1. The van der Waals surface area contributed by atoms with Crippen molar-refractivity contribution in [3.05, 3.63) is 55.7 Å². The van der Waals surface area contributed by atoms with Gasteiger partial charge in [0.25, 0.3) is 5.91 Å². The molecule has 8 heteroatoms. The first-order chi connectivity index (χ1) is 14.3. The average Bonchev–Trinajstić information content (AvgIpc) is 3.23. The predicted octanol–water partition coefficient (Wildman–Crippen LogP) is 3.22. The van der Waals surface area contributed by atoms with Crippen LogP contribution in [0.3, 0.4) is 0 Å². The zero-order chi connectivity index (χ0) is 21.4. The first-order valence-corrected chi connectivity index (χ1v) is 11.1. The summed E-state index contributed by atoms with van der Waals surface area (Å²) < 4.78 is 0. The van der Waals surface area contributed by atoms with E-state index in [2.05, 4.69) is 5.32 Å². The van der Waals surface area contributed by atoms with E-state index in [4.69, 9.17) is 11.6 Å². The molecule has 1 saturated heterocycles. The number of nitrogens with zero attached hydrogens (tertiary/aromatic N) is 1. The maximum Gasteiger partial charge on any atom is 0.265 e. The Morgan fingerprint density at radius 1 is 1.30 bits per heavy atom. The summed E-state index contributed by atoms with van der Waals surface area (Å²) in [4.78, 5) is 50.9. The molecule has 0 saturated carbocycles. The summed E-state index contributed by atoms with van der Waals surface area (Å²) in [5, 5.41) is 4.90. The van der Waals surface area contributed by atoms with Gasteiger partial charge in [0.1, 0.15) is 11.8 Å². The molecular weight excluding hydrogens is 424 g/mol. The third-order valence-electron chi connectivity index (χ3n) is 5.66. The highest BCUT2D eigenvalue weighted by atomic mass is 35.5. The van der Waals surface area contributed by atoms with Crippen LogP contribution >= 0.6 is 22.9 Å². The number of thiophene rings is 1. The average molecular weight is 445 g/mol. The highest BCUT2D eigenvalue weighted by Gasteiger charge is 2.40. The van der Waals surface area contributed by atoms with Crippen molar-refractivity contribution in [2.24, 2.45) is 0 Å². The van der Waals surface area contributed by atoms with Gasteiger partial charge < -0.3 is 4.90 Å². The van der Waals surface area contributed by atoms with Gasteiger partial charge in [-0.1, -0.05) is 23.7 Å². The second-order valence-electron chi connectivity index (χ2n) is 7.77. The number of amides is 3. The molecular formula is C22H21ClN2O4S. The number of piperidine rings is 1. The van der Waals surface area contributed by atoms with Gasteiger partial charge in [-0.05, 0) is 53.5 Å². The SMILES string of the molecule is Cc1ccc(CC(=O)CCc2csc3c2CN(C2CCC(=O)NC2=O)C3=O)cc1Cl. The van der Waals surface area contributed by atoms with Crippen molar-refractivity contribution >= 4 is 46.4 Å². The number of rotatable bonds is 6. The molecule has 1 aromatic heterocycles. The van der Waals surface area contributed by atoms with E-state index >= 15 is 0 Å². The summed E-state index contributed by atoms with van der Waals surface area (Å²) in [5.74, 6) is -0.771. The molecule has 2 aliphatic rings. The number of ketones is 1. The Bertz CT molecular complexity index is 1060. The molecule has 1 aromatic carbocycles. The molecule has 1 N–H and O–H groups in total. The van der Waals surface area contributed by atoms with Gasteiger partial charge >= 0.3 is 0 Å². The zero-order valence-corrected chi connectivity index (χ0v) is 18.1. The minimum absolute atomic E-state index is 0.112. The highest BCUT2D eigenvalue weighted by molar-refractivity contribution is 7.12. The van der Waals surface area contributed by atoms with Crippen LogP contribution in [-0.2, 0) is 33.8 Å². The van der Waals surface area contributed by atoms with Crippen LogP contribution in [-0.4, -0.2) is 34.4 Å². The summed E-state index contributed by atoms with van der Waals surface area (Å²) in [7, 11) is 0. The van der Waals surface area contributed by atoms with Gasteiger partial charge in [0.05, 0.1) is 4.88 Å². The molecule has 1 unspecified atom stereocenters. The van der Waals surface area contributed by atoms with Crippen molar-refractivity contribution < 1.29 is 19.2 Å². The van der Waals surface area contributed by atoms with Gasteiger partial charge in [-0.25, -0.2) is 0 Å². The lowest BCUT2D eigenvalue weighted by molar-refractivity contribution is -0.137. The van der Waals surface area contributed by atoms with Crippen molar-refractivity contribution in [2.75, 3.05) is 0 Å². The Kier molecular flexibility index (Phi) is 5.75. The summed E-state index contributed by atoms with van der Waals surface area (Å²) >= 11 is 7.49. The van der Waals surface area contributed by atoms with E-state index in [9.17, 15) is 19.2 Å². The normalized spacial score (nSPS) is 18.5. The number of aryl methyl sites for hydroxylation is 2. The summed E-state index contributed by atoms with van der Waals surface area (Å²) in [6.07, 6.45) is 1.84. The molecule has 4 rings (SSSR count). The fraction of sp³-hybridized carbons (Fsp3) is 0.364. The Balaban J connectivity index is 1.39. The first kappa shape index (κ1) is 20.8. The molecule has 2 aromatic rings. The molecule has 3 amide bonds. The molecule has 6 nitrogen and oxygen atoms in total. The summed E-state index contributed by atoms with van der Waals surface area (Å²) in [6.45, 7) is 2.27. The summed E-state index contributed by atoms with van der Waals surface area (Å²) in [5.41, 5.74) is 3.76. The minimum atomic E-state index is -0.615. The van der Waals surface area contributed by atoms with Crippen LogP contribution in [0.5, 0.6) is 0 Å². The Morgan fingerprint density at radius 2 is 2.10 bits per heavy atom. The number of Topliss-reactive ketones (excluding diaryl/α,β-unsaturated/α-hetero) is 1. The topological polar surface area (TPSA) is 83.6 Å². The van der Waals surface area contributed by atoms with Gasteiger partial charge in [-0.15, -0.1) is 11.3 Å². The fourth-order valence-corrected chi connectivity index (χ4v) is 5.20. The smallest absolute Gasteiger partial charge is 0.265 e. The van der Waals surface area contributed by atoms with Crippen LogP contribution in [0.1, 0.15) is 51.2 Å². The number of hydrogen-bond donors (Lipinski definition) is 1. The molecule has 0 spiro atoms. The van der Waals surface area contributed by atoms with Crippen LogP contribution in [0, 0.1) is 6.92 Å². The second-order valence-corrected chi connectivity index (χ2v) is 9.05. The zero-order valence-electron chi connectivity index (χ0n) is 16.5. The predicted molar refractivity (Wildman–Crippen MR) is 114 cm³/mol. The van der Waals surface area contributed by atoms with Gasteiger partial charge in [0.2, 0.25) is 11.8 Å². The molecule has 0 aliphatic carbocycles. The number of carbonyl (C=O) groups excluding carboxylic acids is 4. The number of imide groups is 1. The van der Waals surface area contributed by atoms with Crippen LogP contribution in [0.2, 0.25) is 5.02 Å². The number of hydrogen-bond acceptors (Lipinski definition) is 5. The molecule has 0 radical (unpaired) electrons. The number of benzene rings is 1. The van der Waals surface area contributed by atoms with Crippen molar-refractivity contribution in [1.29, 1.82) is 0 Å². The molecule has 1 fully saturated rings. The highest BCUT2D eigenvalue weighted by Crippen LogP contribution is 2.34. The quantitative estimate of drug-likeness (QED) is 0.693. The van der Waals surface area contributed by atoms with Gasteiger partial charge in [-0.2, -0.15) is 0 Å². The third kappa shape index (κ3) is 4.04. The molecule has 2 aliphatic heterocycles. The third-order valence-corrected chi connectivity index (χ3v) is 7.13. The number of halogens is 1. The van der Waals surface area contributed by atoms with E-state index in [0.717, 1.165) is 22.3 Å². The monoisotopic (exact) mass is 444 g/mol. The van der Waals surface area contributed by atoms with Gasteiger partial charge in [0.15, 0.2) is 0 Å². The van der Waals surface area contributed by atoms with E-state index in [1.165, 1.54) is 11.3 Å². The van der Waals surface area contributed by atoms with Gasteiger partial charge in [0, 0.05) is 30.8 Å². The van der Waals surface area contributed by atoms with Crippen LogP contribution in [0.25, 0.3) is 0 Å². The molecule has 0 bridgehead atoms. The number of nitrogens with one attached hydrogen (secondary N) is 1. The lowest BCUT2D eigenvalue weighted by Crippen LogP contribution is -2.52. The van der Waals surface area contributed by atoms with E-state index in [-0.39, 0.29) is 24.0 Å². The minimum Gasteiger partial charge on any atom is -0.321 e. The Labute approximate surface area is 183 Å². The van der Waals surface area contributed by atoms with E-state index < -0.39 is 11.9 Å². The Hall–Kier alpha value is -2.51. The Morgan fingerprint density at radius 3 is 2.83 bits per heavy atom. The largest absolute Gasteiger partial charge is 0.321 e. The van der Waals surface area contributed by atoms with Crippen molar-refractivity contribution in [2.45, 2.75) is 51.6 Å². The molecule has 1 atom stereocenters. The lowest BCUT2D eigenvalue weighted by Gasteiger charge is -2.29. The van der Waals surface area contributed by atoms with Crippen molar-refractivity contribution in [1.82, 2.24) is 10.2 Å². The molecule has 156 valence electrons. The van der Waals surface area contributed by atoms with E-state index in [1.807, 2.05) is 30.5 Å². The number of carbonyl (C=O) groups is 4. The fourth-order valence-electron chi connectivity index (χ4n) is 3.92. The van der Waals surface area contributed by atoms with E-state index in [1.54, 1.807) is 4.90 Å². The molecule has 3 heterocycles. The maximum absolute atomic E-state index is 12.8. The van der Waals surface area contributed by atoms with Crippen LogP contribution < -0.4 is 5.32 Å². The van der Waals surface area contributed by atoms with Gasteiger partial charge in [-0.3, -0.25) is 24.5 Å². The summed E-state index contributed by atoms with van der Waals surface area (Å²) in [6, 6.07) is 5.03. The second kappa shape index (κ2) is 8.32. The van der Waals surface area contributed by atoms with Crippen molar-refractivity contribution in [3.8, 4) is 0 Å². The van der Waals surface area contributed by atoms with E-state index in [0.29, 0.717) is 42.1 Å². The lowest BCUT2D eigenvalue weighted by atomic mass is 10.0. The molecule has 30 heavy (non-hydrogen) atoms. The standard InChI is InChI=1S/C22H21ClN2O4S/c1-12-2-3-13(9-17(12)23)8-15(26)5-4-14-11-30-20-16(14)10-25(22(20)29)18-6-7-19(27)24-21(18)28/h2-3,9,11,18H,4-8,10H2,1H3,(H,24,27,28). The van der Waals surface area contributed by atoms with Crippen LogP contribution in [0.4, 0.5) is 0 Å². The maximum atomic E-state index is 12.8.